The van der Waals surface area contributed by atoms with Gasteiger partial charge < -0.3 is 9.64 Å². The van der Waals surface area contributed by atoms with Crippen LogP contribution in [0.25, 0.3) is 0 Å². The lowest BCUT2D eigenvalue weighted by molar-refractivity contribution is -0.903. The molecule has 1 heterocycles. The van der Waals surface area contributed by atoms with Crippen LogP contribution < -0.4 is 9.64 Å². The summed E-state index contributed by atoms with van der Waals surface area (Å²) in [5.41, 5.74) is 0. The lowest BCUT2D eigenvalue weighted by Gasteiger charge is -2.31. The molecule has 0 amide bonds. The van der Waals surface area contributed by atoms with Crippen LogP contribution in [0.5, 0.6) is 5.75 Å². The number of rotatable bonds is 6. The Morgan fingerprint density at radius 2 is 1.81 bits per heavy atom. The third-order valence-corrected chi connectivity index (χ3v) is 6.53. The van der Waals surface area contributed by atoms with Crippen LogP contribution in [0.2, 0.25) is 5.02 Å². The van der Waals surface area contributed by atoms with E-state index < -0.39 is 10.0 Å². The Morgan fingerprint density at radius 1 is 1.12 bits per heavy atom. The molecule has 0 spiro atoms. The van der Waals surface area contributed by atoms with Crippen LogP contribution in [0.1, 0.15) is 0 Å². The molecule has 0 aliphatic carbocycles. The van der Waals surface area contributed by atoms with E-state index in [4.69, 9.17) is 16.3 Å². The molecule has 1 N–H and O–H groups in total. The van der Waals surface area contributed by atoms with E-state index in [9.17, 15) is 12.8 Å². The van der Waals surface area contributed by atoms with Gasteiger partial charge in [-0.3, -0.25) is 0 Å². The molecule has 0 unspecified atom stereocenters. The van der Waals surface area contributed by atoms with E-state index in [1.165, 1.54) is 27.4 Å². The molecular weight excluding hydrogens is 379 g/mol. The molecule has 3 rings (SSSR count). The van der Waals surface area contributed by atoms with E-state index in [1.54, 1.807) is 30.3 Å². The van der Waals surface area contributed by atoms with Crippen LogP contribution in [0.15, 0.2) is 53.4 Å². The molecule has 26 heavy (non-hydrogen) atoms. The maximum Gasteiger partial charge on any atom is 0.243 e. The smallest absolute Gasteiger partial charge is 0.243 e. The summed E-state index contributed by atoms with van der Waals surface area (Å²) in [5.74, 6) is 0.341. The fraction of sp³-hybridized carbons (Fsp3) is 0.333. The van der Waals surface area contributed by atoms with Gasteiger partial charge in [0.1, 0.15) is 24.7 Å². The lowest BCUT2D eigenvalue weighted by Crippen LogP contribution is -3.15. The minimum atomic E-state index is -3.51. The Labute approximate surface area is 158 Å². The second kappa shape index (κ2) is 8.35. The first-order valence-electron chi connectivity index (χ1n) is 8.43. The highest BCUT2D eigenvalue weighted by atomic mass is 35.5. The van der Waals surface area contributed by atoms with Crippen LogP contribution in [0, 0.1) is 5.82 Å². The summed E-state index contributed by atoms with van der Waals surface area (Å²) < 4.78 is 45.3. The predicted molar refractivity (Wildman–Crippen MR) is 97.7 cm³/mol. The molecule has 140 valence electrons. The first kappa shape index (κ1) is 19.1. The van der Waals surface area contributed by atoms with Crippen molar-refractivity contribution in [2.75, 3.05) is 39.3 Å². The molecule has 1 aliphatic heterocycles. The molecule has 1 fully saturated rings. The van der Waals surface area contributed by atoms with Crippen LogP contribution in [-0.2, 0) is 10.0 Å². The highest BCUT2D eigenvalue weighted by Crippen LogP contribution is 2.19. The van der Waals surface area contributed by atoms with Crippen molar-refractivity contribution in [1.29, 1.82) is 0 Å². The fourth-order valence-electron chi connectivity index (χ4n) is 2.91. The maximum atomic E-state index is 12.9. The predicted octanol–water partition coefficient (Wildman–Crippen LogP) is 1.45. The summed E-state index contributed by atoms with van der Waals surface area (Å²) in [6.45, 7) is 3.62. The number of nitrogens with zero attached hydrogens (tertiary/aromatic N) is 1. The summed E-state index contributed by atoms with van der Waals surface area (Å²) in [5, 5.41) is 0.410. The largest absolute Gasteiger partial charge is 0.488 e. The van der Waals surface area contributed by atoms with Crippen LogP contribution >= 0.6 is 11.6 Å². The number of piperazine rings is 1. The number of hydrogen-bond acceptors (Lipinski definition) is 3. The molecule has 1 aliphatic rings. The van der Waals surface area contributed by atoms with Gasteiger partial charge >= 0.3 is 0 Å². The number of nitrogens with one attached hydrogen (secondary N) is 1. The number of halogens is 2. The fourth-order valence-corrected chi connectivity index (χ4v) is 4.66. The van der Waals surface area contributed by atoms with E-state index in [0.29, 0.717) is 43.6 Å². The number of ether oxygens (including phenoxy) is 1. The quantitative estimate of drug-likeness (QED) is 0.799. The Morgan fingerprint density at radius 3 is 2.46 bits per heavy atom. The van der Waals surface area contributed by atoms with Crippen molar-refractivity contribution >= 4 is 21.6 Å². The number of quaternary nitrogens is 1. The van der Waals surface area contributed by atoms with Crippen LogP contribution in [0.3, 0.4) is 0 Å². The van der Waals surface area contributed by atoms with E-state index in [-0.39, 0.29) is 10.7 Å². The van der Waals surface area contributed by atoms with Gasteiger partial charge in [0.15, 0.2) is 0 Å². The number of benzene rings is 2. The van der Waals surface area contributed by atoms with Gasteiger partial charge in [0.05, 0.1) is 31.1 Å². The van der Waals surface area contributed by atoms with Gasteiger partial charge in [-0.2, -0.15) is 4.31 Å². The third kappa shape index (κ3) is 4.73. The first-order chi connectivity index (χ1) is 12.4. The highest BCUT2D eigenvalue weighted by Gasteiger charge is 2.30. The van der Waals surface area contributed by atoms with E-state index >= 15 is 0 Å². The monoisotopic (exact) mass is 399 g/mol. The van der Waals surface area contributed by atoms with E-state index in [2.05, 4.69) is 0 Å². The van der Waals surface area contributed by atoms with Gasteiger partial charge in [0.25, 0.3) is 0 Å². The molecular formula is C18H21ClFN2O3S+. The number of hydrogen-bond donors (Lipinski definition) is 1. The maximum absolute atomic E-state index is 12.9. The minimum Gasteiger partial charge on any atom is -0.488 e. The lowest BCUT2D eigenvalue weighted by atomic mass is 10.3. The topological polar surface area (TPSA) is 51.0 Å². The van der Waals surface area contributed by atoms with Gasteiger partial charge in [-0.15, -0.1) is 0 Å². The van der Waals surface area contributed by atoms with Crippen molar-refractivity contribution in [3.05, 3.63) is 59.4 Å². The van der Waals surface area contributed by atoms with Crippen molar-refractivity contribution in [1.82, 2.24) is 4.31 Å². The zero-order chi connectivity index (χ0) is 18.6. The Hall–Kier alpha value is -1.67. The second-order valence-corrected chi connectivity index (χ2v) is 8.54. The van der Waals surface area contributed by atoms with Crippen LogP contribution in [-0.4, -0.2) is 52.1 Å². The Balaban J connectivity index is 1.48. The van der Waals surface area contributed by atoms with Crippen molar-refractivity contribution in [3.8, 4) is 5.75 Å². The van der Waals surface area contributed by atoms with Crippen molar-refractivity contribution in [3.63, 3.8) is 0 Å². The normalized spacial score (nSPS) is 16.5. The summed E-state index contributed by atoms with van der Waals surface area (Å²) >= 11 is 5.91. The molecule has 0 bridgehead atoms. The van der Waals surface area contributed by atoms with Gasteiger partial charge in [-0.25, -0.2) is 12.8 Å². The van der Waals surface area contributed by atoms with Gasteiger partial charge in [-0.1, -0.05) is 17.7 Å². The van der Waals surface area contributed by atoms with E-state index in [1.807, 2.05) is 0 Å². The summed E-state index contributed by atoms with van der Waals surface area (Å²) in [4.78, 5) is 1.51. The van der Waals surface area contributed by atoms with Crippen molar-refractivity contribution in [2.24, 2.45) is 0 Å². The average Bonchev–Trinajstić information content (AvgIpc) is 2.64. The summed E-state index contributed by atoms with van der Waals surface area (Å²) in [6.07, 6.45) is 0. The van der Waals surface area contributed by atoms with Crippen molar-refractivity contribution in [2.45, 2.75) is 4.90 Å². The van der Waals surface area contributed by atoms with Gasteiger partial charge in [0, 0.05) is 5.02 Å². The van der Waals surface area contributed by atoms with E-state index in [0.717, 1.165) is 6.54 Å². The third-order valence-electron chi connectivity index (χ3n) is 4.40. The van der Waals surface area contributed by atoms with Crippen LogP contribution in [0.4, 0.5) is 4.39 Å². The Kier molecular flexibility index (Phi) is 6.13. The van der Waals surface area contributed by atoms with Gasteiger partial charge in [-0.05, 0) is 42.5 Å². The molecule has 0 saturated carbocycles. The standard InChI is InChI=1S/C18H20ClFN2O3S/c19-15-2-1-3-18(14-15)26(23,24)22-10-8-21(9-11-22)12-13-25-17-6-4-16(20)5-7-17/h1-7,14H,8-13H2/p+1. The highest BCUT2D eigenvalue weighted by molar-refractivity contribution is 7.89. The zero-order valence-electron chi connectivity index (χ0n) is 14.2. The van der Waals surface area contributed by atoms with Gasteiger partial charge in [0.2, 0.25) is 10.0 Å². The second-order valence-electron chi connectivity index (χ2n) is 6.16. The van der Waals surface area contributed by atoms with Crippen molar-refractivity contribution < 1.29 is 22.4 Å². The molecule has 1 saturated heterocycles. The molecule has 8 heteroatoms. The molecule has 0 atom stereocenters. The molecule has 0 aromatic heterocycles. The molecule has 2 aromatic rings. The minimum absolute atomic E-state index is 0.230. The summed E-state index contributed by atoms with van der Waals surface area (Å²) in [6, 6.07) is 12.3. The molecule has 5 nitrogen and oxygen atoms in total. The average molecular weight is 400 g/mol. The SMILES string of the molecule is O=S(=O)(c1cccc(Cl)c1)N1CC[NH+](CCOc2ccc(F)cc2)CC1. The Bertz CT molecular complexity index is 838. The zero-order valence-corrected chi connectivity index (χ0v) is 15.8. The first-order valence-corrected chi connectivity index (χ1v) is 10.2. The molecule has 2 aromatic carbocycles. The molecule has 0 radical (unpaired) electrons. The summed E-state index contributed by atoms with van der Waals surface area (Å²) in [7, 11) is -3.51. The number of sulfonamides is 1.